The number of carbonyl (C=O) groups is 2. The van der Waals surface area contributed by atoms with Gasteiger partial charge in [0.15, 0.2) is 5.82 Å². The van der Waals surface area contributed by atoms with Gasteiger partial charge in [0.1, 0.15) is 0 Å². The summed E-state index contributed by atoms with van der Waals surface area (Å²) in [5, 5.41) is 16.5. The Balaban J connectivity index is 1.46. The van der Waals surface area contributed by atoms with Gasteiger partial charge < -0.3 is 30.5 Å². The summed E-state index contributed by atoms with van der Waals surface area (Å²) in [6.07, 6.45) is 6.04. The molecule has 0 saturated carbocycles. The van der Waals surface area contributed by atoms with Crippen LogP contribution in [0.1, 0.15) is 37.9 Å². The van der Waals surface area contributed by atoms with Crippen molar-refractivity contribution in [3.05, 3.63) is 36.3 Å². The van der Waals surface area contributed by atoms with Gasteiger partial charge in [0.05, 0.1) is 35.9 Å². The van der Waals surface area contributed by atoms with E-state index in [1.54, 1.807) is 0 Å². The number of ether oxygens (including phenoxy) is 1. The number of fused-ring (bicyclic) bond motifs is 1. The Morgan fingerprint density at radius 1 is 1.31 bits per heavy atom. The standard InChI is InChI=1S/C24H35N9O3/c1-6-19(34)27-16-11-25-22(26-12-16)29-21-17-13-33(24(2,3)20(17)30-31-21)23(35)28-18(14-32(4)5)15-7-9-36-10-8-15/h6,11-12,15,18H,1,7-10,13-14H2,2-5H3,(H,27,34)(H,28,35)(H2,25,26,29,30,31)/t18-/m1/s1. The number of likely N-dealkylation sites (N-methyl/N-ethyl adjacent to an activating group) is 1. The van der Waals surface area contributed by atoms with Crippen LogP contribution in [0, 0.1) is 5.92 Å². The van der Waals surface area contributed by atoms with Crippen LogP contribution < -0.4 is 16.0 Å². The molecule has 2 aromatic rings. The molecule has 3 amide bonds. The minimum Gasteiger partial charge on any atom is -0.381 e. The molecular formula is C24H35N9O3. The van der Waals surface area contributed by atoms with Crippen LogP contribution in [-0.4, -0.2) is 81.8 Å². The summed E-state index contributed by atoms with van der Waals surface area (Å²) >= 11 is 0. The lowest BCUT2D eigenvalue weighted by atomic mass is 9.91. The number of aromatic amines is 1. The monoisotopic (exact) mass is 497 g/mol. The number of amides is 3. The van der Waals surface area contributed by atoms with Gasteiger partial charge in [0.2, 0.25) is 11.9 Å². The number of aromatic nitrogens is 4. The Morgan fingerprint density at radius 3 is 2.64 bits per heavy atom. The fraction of sp³-hybridized carbons (Fsp3) is 0.542. The molecule has 0 aromatic carbocycles. The van der Waals surface area contributed by atoms with Gasteiger partial charge in [-0.15, -0.1) is 0 Å². The maximum atomic E-state index is 13.5. The third-order valence-electron chi connectivity index (χ3n) is 6.76. The van der Waals surface area contributed by atoms with Crippen molar-refractivity contribution in [1.29, 1.82) is 0 Å². The van der Waals surface area contributed by atoms with E-state index in [1.807, 2.05) is 32.8 Å². The second kappa shape index (κ2) is 10.6. The van der Waals surface area contributed by atoms with Gasteiger partial charge in [-0.05, 0) is 52.8 Å². The SMILES string of the molecule is C=CC(=O)Nc1cnc(Nc2n[nH]c3c2CN(C(=O)N[C@H](CN(C)C)C2CCOCC2)C3(C)C)nc1. The second-order valence-electron chi connectivity index (χ2n) is 9.95. The molecule has 2 aromatic heterocycles. The summed E-state index contributed by atoms with van der Waals surface area (Å²) in [5.74, 6) is 0.927. The number of rotatable bonds is 8. The van der Waals surface area contributed by atoms with Crippen LogP contribution in [0.2, 0.25) is 0 Å². The number of urea groups is 1. The second-order valence-corrected chi connectivity index (χ2v) is 9.95. The van der Waals surface area contributed by atoms with E-state index >= 15 is 0 Å². The summed E-state index contributed by atoms with van der Waals surface area (Å²) in [7, 11) is 4.05. The minimum absolute atomic E-state index is 0.0374. The van der Waals surface area contributed by atoms with E-state index in [4.69, 9.17) is 4.74 Å². The molecule has 1 fully saturated rings. The van der Waals surface area contributed by atoms with Crippen molar-refractivity contribution >= 4 is 29.4 Å². The van der Waals surface area contributed by atoms with E-state index in [1.165, 1.54) is 18.5 Å². The fourth-order valence-electron chi connectivity index (χ4n) is 4.76. The molecule has 4 rings (SSSR count). The number of nitrogens with one attached hydrogen (secondary N) is 4. The molecule has 12 heteroatoms. The van der Waals surface area contributed by atoms with Gasteiger partial charge in [-0.2, -0.15) is 5.10 Å². The van der Waals surface area contributed by atoms with Crippen molar-refractivity contribution in [3.63, 3.8) is 0 Å². The topological polar surface area (TPSA) is 140 Å². The van der Waals surface area contributed by atoms with Crippen LogP contribution in [0.3, 0.4) is 0 Å². The fourth-order valence-corrected chi connectivity index (χ4v) is 4.76. The maximum Gasteiger partial charge on any atom is 0.318 e. The number of hydrogen-bond donors (Lipinski definition) is 4. The van der Waals surface area contributed by atoms with Crippen LogP contribution in [-0.2, 0) is 21.6 Å². The van der Waals surface area contributed by atoms with Crippen LogP contribution in [0.15, 0.2) is 25.0 Å². The lowest BCUT2D eigenvalue weighted by Crippen LogP contribution is -2.54. The third kappa shape index (κ3) is 5.49. The van der Waals surface area contributed by atoms with Gasteiger partial charge in [-0.25, -0.2) is 14.8 Å². The molecule has 0 spiro atoms. The maximum absolute atomic E-state index is 13.5. The molecule has 1 atom stereocenters. The van der Waals surface area contributed by atoms with Crippen LogP contribution >= 0.6 is 0 Å². The summed E-state index contributed by atoms with van der Waals surface area (Å²) in [4.78, 5) is 37.4. The van der Waals surface area contributed by atoms with E-state index in [-0.39, 0.29) is 18.0 Å². The van der Waals surface area contributed by atoms with Crippen LogP contribution in [0.5, 0.6) is 0 Å². The number of hydrogen-bond acceptors (Lipinski definition) is 8. The van der Waals surface area contributed by atoms with E-state index < -0.39 is 5.54 Å². The Bertz CT molecular complexity index is 1090. The first kappa shape index (κ1) is 25.6. The Hall–Kier alpha value is -3.51. The zero-order valence-corrected chi connectivity index (χ0v) is 21.3. The molecule has 0 bridgehead atoms. The summed E-state index contributed by atoms with van der Waals surface area (Å²) in [6, 6.07) is -0.0668. The first-order valence-electron chi connectivity index (χ1n) is 12.1. The van der Waals surface area contributed by atoms with Crippen molar-refractivity contribution < 1.29 is 14.3 Å². The van der Waals surface area contributed by atoms with Crippen LogP contribution in [0.4, 0.5) is 22.2 Å². The lowest BCUT2D eigenvalue weighted by Gasteiger charge is -2.37. The minimum atomic E-state index is -0.579. The molecule has 0 aliphatic carbocycles. The molecule has 2 aliphatic rings. The number of carbonyl (C=O) groups excluding carboxylic acids is 2. The van der Waals surface area contributed by atoms with E-state index in [0.29, 0.717) is 29.9 Å². The van der Waals surface area contributed by atoms with E-state index in [2.05, 4.69) is 47.6 Å². The van der Waals surface area contributed by atoms with Gasteiger partial charge in [-0.3, -0.25) is 9.89 Å². The zero-order valence-electron chi connectivity index (χ0n) is 21.3. The molecule has 4 heterocycles. The van der Waals surface area contributed by atoms with E-state index in [9.17, 15) is 9.59 Å². The molecule has 4 N–H and O–H groups in total. The van der Waals surface area contributed by atoms with Crippen molar-refractivity contribution in [2.24, 2.45) is 5.92 Å². The zero-order chi connectivity index (χ0) is 25.9. The molecular weight excluding hydrogens is 462 g/mol. The number of nitrogens with zero attached hydrogens (tertiary/aromatic N) is 5. The largest absolute Gasteiger partial charge is 0.381 e. The first-order valence-corrected chi connectivity index (χ1v) is 12.1. The van der Waals surface area contributed by atoms with Crippen molar-refractivity contribution in [2.75, 3.05) is 44.5 Å². The average molecular weight is 498 g/mol. The quantitative estimate of drug-likeness (QED) is 0.407. The van der Waals surface area contributed by atoms with E-state index in [0.717, 1.165) is 43.9 Å². The molecule has 2 aliphatic heterocycles. The number of anilines is 3. The summed E-state index contributed by atoms with van der Waals surface area (Å²) < 4.78 is 5.53. The lowest BCUT2D eigenvalue weighted by molar-refractivity contribution is -0.111. The third-order valence-corrected chi connectivity index (χ3v) is 6.76. The smallest absolute Gasteiger partial charge is 0.318 e. The number of H-pyrrole nitrogens is 1. The molecule has 0 unspecified atom stereocenters. The highest BCUT2D eigenvalue weighted by Gasteiger charge is 2.44. The van der Waals surface area contributed by atoms with Gasteiger partial charge in [-0.1, -0.05) is 6.58 Å². The van der Waals surface area contributed by atoms with Gasteiger partial charge >= 0.3 is 6.03 Å². The van der Waals surface area contributed by atoms with Crippen molar-refractivity contribution in [3.8, 4) is 0 Å². The normalized spacial score (nSPS) is 18.0. The molecule has 194 valence electrons. The molecule has 1 saturated heterocycles. The highest BCUT2D eigenvalue weighted by Crippen LogP contribution is 2.41. The predicted octanol–water partition coefficient (Wildman–Crippen LogP) is 2.18. The van der Waals surface area contributed by atoms with Gasteiger partial charge in [0, 0.05) is 31.4 Å². The average Bonchev–Trinajstić information content (AvgIpc) is 3.37. The highest BCUT2D eigenvalue weighted by atomic mass is 16.5. The van der Waals surface area contributed by atoms with Gasteiger partial charge in [0.25, 0.3) is 0 Å². The first-order chi connectivity index (χ1) is 17.2. The highest BCUT2D eigenvalue weighted by molar-refractivity contribution is 5.98. The molecule has 36 heavy (non-hydrogen) atoms. The Kier molecular flexibility index (Phi) is 7.55. The van der Waals surface area contributed by atoms with Crippen LogP contribution in [0.25, 0.3) is 0 Å². The summed E-state index contributed by atoms with van der Waals surface area (Å²) in [6.45, 7) is 10.1. The summed E-state index contributed by atoms with van der Waals surface area (Å²) in [5.41, 5.74) is 1.63. The Morgan fingerprint density at radius 2 is 2.00 bits per heavy atom. The van der Waals surface area contributed by atoms with Crippen molar-refractivity contribution in [2.45, 2.75) is 44.8 Å². The van der Waals surface area contributed by atoms with Crippen molar-refractivity contribution in [1.82, 2.24) is 35.3 Å². The molecule has 0 radical (unpaired) electrons. The Labute approximate surface area is 210 Å². The predicted molar refractivity (Wildman–Crippen MR) is 136 cm³/mol. The molecule has 12 nitrogen and oxygen atoms in total.